The number of carbonyl (C=O) groups excluding carboxylic acids is 1. The van der Waals surface area contributed by atoms with Crippen molar-refractivity contribution in [2.24, 2.45) is 0 Å². The van der Waals surface area contributed by atoms with Crippen LogP contribution in [0.25, 0.3) is 5.13 Å². The van der Waals surface area contributed by atoms with Gasteiger partial charge in [-0.15, -0.1) is 11.3 Å². The van der Waals surface area contributed by atoms with Crippen LogP contribution in [0.15, 0.2) is 35.8 Å². The monoisotopic (exact) mass is 450 g/mol. The molecule has 0 spiro atoms. The topological polar surface area (TPSA) is 97.1 Å². The summed E-state index contributed by atoms with van der Waals surface area (Å²) in [7, 11) is 0. The van der Waals surface area contributed by atoms with Crippen LogP contribution in [0, 0.1) is 0 Å². The Hall–Kier alpha value is -3.42. The van der Waals surface area contributed by atoms with E-state index in [9.17, 15) is 35.9 Å². The van der Waals surface area contributed by atoms with Gasteiger partial charge in [-0.3, -0.25) is 4.79 Å². The van der Waals surface area contributed by atoms with Gasteiger partial charge in [0, 0.05) is 11.1 Å². The fourth-order valence-electron chi connectivity index (χ4n) is 2.36. The van der Waals surface area contributed by atoms with Gasteiger partial charge in [0.25, 0.3) is 5.91 Å². The number of aromatic nitrogens is 3. The number of halogens is 6. The third-order valence-corrected chi connectivity index (χ3v) is 4.44. The van der Waals surface area contributed by atoms with E-state index in [0.29, 0.717) is 23.6 Å². The van der Waals surface area contributed by atoms with Gasteiger partial charge >= 0.3 is 18.3 Å². The number of carboxylic acids is 1. The number of rotatable bonds is 4. The first-order valence-corrected chi connectivity index (χ1v) is 8.59. The number of thiazole rings is 1. The number of alkyl halides is 6. The quantitative estimate of drug-likeness (QED) is 0.578. The molecule has 1 amide bonds. The van der Waals surface area contributed by atoms with Crippen molar-refractivity contribution in [3.8, 4) is 5.13 Å². The Morgan fingerprint density at radius 1 is 1.10 bits per heavy atom. The Labute approximate surface area is 166 Å². The summed E-state index contributed by atoms with van der Waals surface area (Å²) in [4.78, 5) is 26.9. The molecule has 0 fully saturated rings. The van der Waals surface area contributed by atoms with E-state index >= 15 is 0 Å². The maximum atomic E-state index is 13.3. The lowest BCUT2D eigenvalue weighted by molar-refractivity contribution is -0.143. The normalized spacial score (nSPS) is 12.1. The van der Waals surface area contributed by atoms with Gasteiger partial charge in [0.2, 0.25) is 5.13 Å². The molecule has 0 aliphatic rings. The van der Waals surface area contributed by atoms with E-state index in [-0.39, 0.29) is 10.4 Å². The van der Waals surface area contributed by atoms with Crippen molar-refractivity contribution in [2.75, 3.05) is 5.32 Å². The second-order valence-electron chi connectivity index (χ2n) is 5.67. The summed E-state index contributed by atoms with van der Waals surface area (Å²) in [5.74, 6) is -2.83. The Balaban J connectivity index is 1.89. The molecule has 30 heavy (non-hydrogen) atoms. The van der Waals surface area contributed by atoms with Gasteiger partial charge in [-0.05, 0) is 18.2 Å². The molecule has 0 atom stereocenters. The van der Waals surface area contributed by atoms with Gasteiger partial charge in [0.15, 0.2) is 5.69 Å². The summed E-state index contributed by atoms with van der Waals surface area (Å²) in [6.07, 6.45) is -9.21. The summed E-state index contributed by atoms with van der Waals surface area (Å²) in [5, 5.41) is 15.1. The van der Waals surface area contributed by atoms with Crippen molar-refractivity contribution < 1.29 is 41.0 Å². The predicted octanol–water partition coefficient (Wildman–Crippen LogP) is 4.32. The van der Waals surface area contributed by atoms with E-state index < -0.39 is 51.9 Å². The summed E-state index contributed by atoms with van der Waals surface area (Å²) in [6, 6.07) is 3.74. The molecule has 0 aliphatic heterocycles. The molecule has 0 bridgehead atoms. The molecular weight excluding hydrogens is 442 g/mol. The predicted molar refractivity (Wildman–Crippen MR) is 90.6 cm³/mol. The molecule has 3 rings (SSSR count). The summed E-state index contributed by atoms with van der Waals surface area (Å²) in [5.41, 5.74) is -4.30. The van der Waals surface area contributed by atoms with Crippen LogP contribution < -0.4 is 5.32 Å². The average Bonchev–Trinajstić information content (AvgIpc) is 3.28. The first kappa shape index (κ1) is 21.3. The highest BCUT2D eigenvalue weighted by atomic mass is 32.1. The van der Waals surface area contributed by atoms with E-state index in [1.54, 1.807) is 0 Å². The molecule has 0 radical (unpaired) electrons. The Kier molecular flexibility index (Phi) is 5.28. The lowest BCUT2D eigenvalue weighted by atomic mass is 10.2. The number of hydrogen-bond acceptors (Lipinski definition) is 5. The molecule has 158 valence electrons. The van der Waals surface area contributed by atoms with Gasteiger partial charge in [-0.1, -0.05) is 6.07 Å². The SMILES string of the molecule is O=C(Nc1cccc(C(F)(F)F)c1)c1csc(-n2ncc(C(=O)O)c2C(F)(F)F)n1. The van der Waals surface area contributed by atoms with E-state index in [1.165, 1.54) is 6.07 Å². The lowest BCUT2D eigenvalue weighted by Gasteiger charge is -2.09. The fraction of sp³-hybridized carbons (Fsp3) is 0.125. The van der Waals surface area contributed by atoms with Gasteiger partial charge < -0.3 is 10.4 Å². The number of anilines is 1. The summed E-state index contributed by atoms with van der Waals surface area (Å²) in [6.45, 7) is 0. The van der Waals surface area contributed by atoms with E-state index in [2.05, 4.69) is 15.4 Å². The van der Waals surface area contributed by atoms with Crippen molar-refractivity contribution in [3.05, 3.63) is 58.4 Å². The first-order chi connectivity index (χ1) is 13.9. The molecule has 2 heterocycles. The summed E-state index contributed by atoms with van der Waals surface area (Å²) < 4.78 is 78.2. The average molecular weight is 450 g/mol. The van der Waals surface area contributed by atoms with E-state index in [4.69, 9.17) is 5.11 Å². The van der Waals surface area contributed by atoms with Crippen LogP contribution in [0.5, 0.6) is 0 Å². The van der Waals surface area contributed by atoms with Gasteiger partial charge in [-0.2, -0.15) is 31.4 Å². The van der Waals surface area contributed by atoms with Crippen molar-refractivity contribution in [1.82, 2.24) is 14.8 Å². The molecule has 2 N–H and O–H groups in total. The van der Waals surface area contributed by atoms with Crippen molar-refractivity contribution in [1.29, 1.82) is 0 Å². The van der Waals surface area contributed by atoms with Crippen LogP contribution in [0.4, 0.5) is 32.0 Å². The molecule has 1 aromatic carbocycles. The zero-order chi connectivity index (χ0) is 22.3. The number of nitrogens with zero attached hydrogens (tertiary/aromatic N) is 3. The highest BCUT2D eigenvalue weighted by Crippen LogP contribution is 2.34. The number of amides is 1. The number of benzene rings is 1. The molecular formula is C16H8F6N4O3S. The minimum absolute atomic E-state index is 0.201. The van der Waals surface area contributed by atoms with Crippen LogP contribution >= 0.6 is 11.3 Å². The largest absolute Gasteiger partial charge is 0.478 e. The second-order valence-corrected chi connectivity index (χ2v) is 6.51. The maximum Gasteiger partial charge on any atom is 0.434 e. The fourth-order valence-corrected chi connectivity index (χ4v) is 3.12. The number of nitrogens with one attached hydrogen (secondary N) is 1. The molecule has 7 nitrogen and oxygen atoms in total. The molecule has 0 saturated heterocycles. The highest BCUT2D eigenvalue weighted by Gasteiger charge is 2.41. The van der Waals surface area contributed by atoms with Gasteiger partial charge in [0.05, 0.1) is 11.8 Å². The van der Waals surface area contributed by atoms with Crippen LogP contribution in [-0.4, -0.2) is 31.7 Å². The van der Waals surface area contributed by atoms with Crippen molar-refractivity contribution in [3.63, 3.8) is 0 Å². The maximum absolute atomic E-state index is 13.3. The smallest absolute Gasteiger partial charge is 0.434 e. The Morgan fingerprint density at radius 3 is 2.40 bits per heavy atom. The summed E-state index contributed by atoms with van der Waals surface area (Å²) >= 11 is 0.560. The molecule has 14 heteroatoms. The standard InChI is InChI=1S/C16H8F6N4O3S/c17-15(18,19)7-2-1-3-8(4-7)24-12(27)10-6-30-14(25-10)26-11(16(20,21)22)9(5-23-26)13(28)29/h1-6H,(H,24,27)(H,28,29). The van der Waals surface area contributed by atoms with Crippen LogP contribution in [0.2, 0.25) is 0 Å². The Bertz CT molecular complexity index is 1120. The third-order valence-electron chi connectivity index (χ3n) is 3.62. The van der Waals surface area contributed by atoms with Crippen LogP contribution in [0.1, 0.15) is 32.1 Å². The molecule has 0 aliphatic carbocycles. The minimum Gasteiger partial charge on any atom is -0.478 e. The Morgan fingerprint density at radius 2 is 1.80 bits per heavy atom. The number of hydrogen-bond donors (Lipinski definition) is 2. The third kappa shape index (κ3) is 4.27. The first-order valence-electron chi connectivity index (χ1n) is 7.71. The second kappa shape index (κ2) is 7.44. The van der Waals surface area contributed by atoms with E-state index in [1.807, 2.05) is 0 Å². The van der Waals surface area contributed by atoms with Crippen LogP contribution in [0.3, 0.4) is 0 Å². The molecule has 0 saturated carbocycles. The van der Waals surface area contributed by atoms with Gasteiger partial charge in [0.1, 0.15) is 11.3 Å². The molecule has 3 aromatic rings. The van der Waals surface area contributed by atoms with Crippen molar-refractivity contribution in [2.45, 2.75) is 12.4 Å². The highest BCUT2D eigenvalue weighted by molar-refractivity contribution is 7.12. The zero-order valence-corrected chi connectivity index (χ0v) is 15.1. The number of carboxylic acid groups (broad SMARTS) is 1. The van der Waals surface area contributed by atoms with E-state index in [0.717, 1.165) is 17.5 Å². The van der Waals surface area contributed by atoms with Gasteiger partial charge in [-0.25, -0.2) is 14.5 Å². The number of carbonyl (C=O) groups is 2. The zero-order valence-electron chi connectivity index (χ0n) is 14.2. The lowest BCUT2D eigenvalue weighted by Crippen LogP contribution is -2.18. The van der Waals surface area contributed by atoms with Crippen molar-refractivity contribution >= 4 is 28.9 Å². The van der Waals surface area contributed by atoms with Crippen LogP contribution in [-0.2, 0) is 12.4 Å². The number of aromatic carboxylic acids is 1. The molecule has 0 unspecified atom stereocenters. The minimum atomic E-state index is -5.07. The molecule has 2 aromatic heterocycles.